The van der Waals surface area contributed by atoms with Gasteiger partial charge >= 0.3 is 12.2 Å². The third-order valence-electron chi connectivity index (χ3n) is 2.84. The van der Waals surface area contributed by atoms with Crippen LogP contribution in [0.25, 0.3) is 0 Å². The summed E-state index contributed by atoms with van der Waals surface area (Å²) in [7, 11) is 0. The molecule has 2 rings (SSSR count). The number of thioether (sulfide) groups is 1. The minimum Gasteiger partial charge on any atom is -0.274 e. The molecule has 1 aromatic carbocycles. The molecular formula is C13H13F3N4OS2. The van der Waals surface area contributed by atoms with Crippen molar-refractivity contribution in [2.75, 3.05) is 5.01 Å². The molecule has 0 atom stereocenters. The van der Waals surface area contributed by atoms with Crippen molar-refractivity contribution in [2.24, 2.45) is 11.7 Å². The zero-order chi connectivity index (χ0) is 17.0. The summed E-state index contributed by atoms with van der Waals surface area (Å²) in [6.07, 6.45) is -4.56. The molecule has 0 bridgehead atoms. The number of anilines is 1. The van der Waals surface area contributed by atoms with E-state index in [1.165, 1.54) is 23.5 Å². The molecule has 2 amide bonds. The first-order valence-electron chi connectivity index (χ1n) is 6.25. The number of thiophene rings is 1. The van der Waals surface area contributed by atoms with Crippen LogP contribution in [0.1, 0.15) is 10.4 Å². The number of hydrazine groups is 2. The van der Waals surface area contributed by atoms with Gasteiger partial charge in [-0.25, -0.2) is 21.5 Å². The van der Waals surface area contributed by atoms with Gasteiger partial charge in [0.25, 0.3) is 0 Å². The largest absolute Gasteiger partial charge is 0.417 e. The van der Waals surface area contributed by atoms with Gasteiger partial charge in [0.05, 0.1) is 11.3 Å². The van der Waals surface area contributed by atoms with Crippen LogP contribution in [0, 0.1) is 0 Å². The van der Waals surface area contributed by atoms with Crippen molar-refractivity contribution in [2.45, 2.75) is 16.8 Å². The molecule has 0 radical (unpaired) electrons. The maximum absolute atomic E-state index is 13.2. The van der Waals surface area contributed by atoms with Gasteiger partial charge in [-0.3, -0.25) is 5.43 Å². The van der Waals surface area contributed by atoms with Crippen LogP contribution in [0.15, 0.2) is 40.6 Å². The van der Waals surface area contributed by atoms with Crippen molar-refractivity contribution in [3.8, 4) is 0 Å². The molecule has 1 aromatic heterocycles. The highest BCUT2D eigenvalue weighted by molar-refractivity contribution is 7.98. The maximum Gasteiger partial charge on any atom is 0.417 e. The number of nitrogens with one attached hydrogen (secondary N) is 1. The number of hydrogen-bond acceptors (Lipinski definition) is 5. The zero-order valence-corrected chi connectivity index (χ0v) is 13.3. The predicted molar refractivity (Wildman–Crippen MR) is 84.7 cm³/mol. The normalized spacial score (nSPS) is 11.3. The van der Waals surface area contributed by atoms with Gasteiger partial charge in [0.1, 0.15) is 0 Å². The van der Waals surface area contributed by atoms with Crippen molar-refractivity contribution in [3.05, 3.63) is 46.2 Å². The number of nitrogens with two attached hydrogens (primary N) is 2. The molecule has 2 aromatic rings. The molecule has 0 spiro atoms. The number of carbonyl (C=O) groups excluding carboxylic acids is 1. The quantitative estimate of drug-likeness (QED) is 0.337. The second kappa shape index (κ2) is 7.21. The minimum absolute atomic E-state index is 0.0654. The fraction of sp³-hybridized carbons (Fsp3) is 0.154. The van der Waals surface area contributed by atoms with Crippen molar-refractivity contribution in [1.29, 1.82) is 0 Å². The summed E-state index contributed by atoms with van der Waals surface area (Å²) >= 11 is 2.40. The first-order chi connectivity index (χ1) is 10.8. The first kappa shape index (κ1) is 17.6. The molecule has 10 heteroatoms. The third-order valence-corrected chi connectivity index (χ3v) is 5.07. The van der Waals surface area contributed by atoms with Crippen LogP contribution in [0.2, 0.25) is 0 Å². The number of alkyl halides is 3. The Morgan fingerprint density at radius 3 is 2.61 bits per heavy atom. The average molecular weight is 362 g/mol. The number of hydrogen-bond donors (Lipinski definition) is 3. The van der Waals surface area contributed by atoms with Crippen LogP contribution >= 0.6 is 23.1 Å². The second-order valence-corrected chi connectivity index (χ2v) is 6.36. The van der Waals surface area contributed by atoms with E-state index in [-0.39, 0.29) is 10.6 Å². The molecule has 5 N–H and O–H groups in total. The van der Waals surface area contributed by atoms with E-state index in [1.807, 2.05) is 17.5 Å². The molecule has 0 fully saturated rings. The molecule has 0 saturated carbocycles. The maximum atomic E-state index is 13.2. The average Bonchev–Trinajstić information content (AvgIpc) is 3.03. The number of carbonyl (C=O) groups is 1. The molecule has 0 aliphatic heterocycles. The third kappa shape index (κ3) is 4.16. The van der Waals surface area contributed by atoms with Crippen LogP contribution < -0.4 is 22.1 Å². The molecule has 5 nitrogen and oxygen atoms in total. The van der Waals surface area contributed by atoms with E-state index in [1.54, 1.807) is 5.43 Å². The lowest BCUT2D eigenvalue weighted by Gasteiger charge is -2.22. The highest BCUT2D eigenvalue weighted by Crippen LogP contribution is 2.42. The van der Waals surface area contributed by atoms with Gasteiger partial charge in [-0.2, -0.15) is 13.2 Å². The smallest absolute Gasteiger partial charge is 0.274 e. The van der Waals surface area contributed by atoms with Crippen molar-refractivity contribution in [3.63, 3.8) is 0 Å². The number of rotatable bonds is 4. The highest BCUT2D eigenvalue weighted by atomic mass is 32.2. The Morgan fingerprint density at radius 2 is 2.04 bits per heavy atom. The fourth-order valence-electron chi connectivity index (χ4n) is 1.81. The van der Waals surface area contributed by atoms with E-state index in [4.69, 9.17) is 11.7 Å². The van der Waals surface area contributed by atoms with E-state index < -0.39 is 17.8 Å². The van der Waals surface area contributed by atoms with Gasteiger partial charge in [-0.1, -0.05) is 12.1 Å². The Labute approximate surface area is 138 Å². The monoisotopic (exact) mass is 362 g/mol. The lowest BCUT2D eigenvalue weighted by atomic mass is 10.2. The summed E-state index contributed by atoms with van der Waals surface area (Å²) in [5.74, 6) is 10.9. The van der Waals surface area contributed by atoms with Crippen LogP contribution in [-0.2, 0) is 11.9 Å². The van der Waals surface area contributed by atoms with Crippen molar-refractivity contribution in [1.82, 2.24) is 5.43 Å². The Bertz CT molecular complexity index is 676. The van der Waals surface area contributed by atoms with E-state index in [9.17, 15) is 18.0 Å². The molecule has 124 valence electrons. The van der Waals surface area contributed by atoms with E-state index in [0.717, 1.165) is 22.7 Å². The SMILES string of the molecule is NNC(=O)N(N)c1cccc(C(F)(F)F)c1SCc1cccs1. The summed E-state index contributed by atoms with van der Waals surface area (Å²) in [6.45, 7) is 0. The van der Waals surface area contributed by atoms with Crippen molar-refractivity contribution < 1.29 is 18.0 Å². The molecule has 0 saturated heterocycles. The minimum atomic E-state index is -4.56. The number of amides is 2. The summed E-state index contributed by atoms with van der Waals surface area (Å²) < 4.78 is 39.7. The van der Waals surface area contributed by atoms with Crippen LogP contribution in [-0.4, -0.2) is 6.03 Å². The summed E-state index contributed by atoms with van der Waals surface area (Å²) in [4.78, 5) is 12.3. The standard InChI is InChI=1S/C13H13F3N4OS2/c14-13(15,16)9-4-1-5-10(20(18)12(21)19-17)11(9)23-7-8-3-2-6-22-8/h1-6H,7,17-18H2,(H,19,21). The zero-order valence-electron chi connectivity index (χ0n) is 11.6. The highest BCUT2D eigenvalue weighted by Gasteiger charge is 2.35. The number of halogens is 3. The molecule has 0 unspecified atom stereocenters. The first-order valence-corrected chi connectivity index (χ1v) is 8.12. The van der Waals surface area contributed by atoms with Gasteiger partial charge < -0.3 is 0 Å². The topological polar surface area (TPSA) is 84.4 Å². The molecule has 0 aliphatic rings. The van der Waals surface area contributed by atoms with Crippen molar-refractivity contribution >= 4 is 34.8 Å². The number of urea groups is 1. The fourth-order valence-corrected chi connectivity index (χ4v) is 3.78. The molecule has 1 heterocycles. The Kier molecular flexibility index (Phi) is 5.52. The summed E-state index contributed by atoms with van der Waals surface area (Å²) in [5, 5.41) is 2.40. The molecular weight excluding hydrogens is 349 g/mol. The van der Waals surface area contributed by atoms with E-state index in [2.05, 4.69) is 0 Å². The van der Waals surface area contributed by atoms with Gasteiger partial charge in [0, 0.05) is 15.5 Å². The summed E-state index contributed by atoms with van der Waals surface area (Å²) in [5.41, 5.74) is 0.876. The second-order valence-electron chi connectivity index (χ2n) is 4.34. The van der Waals surface area contributed by atoms with E-state index >= 15 is 0 Å². The van der Waals surface area contributed by atoms with Gasteiger partial charge in [0.15, 0.2) is 0 Å². The summed E-state index contributed by atoms with van der Waals surface area (Å²) in [6, 6.07) is 6.20. The van der Waals surface area contributed by atoms with Gasteiger partial charge in [0.2, 0.25) is 0 Å². The van der Waals surface area contributed by atoms with Gasteiger partial charge in [-0.05, 0) is 23.6 Å². The number of nitrogens with zero attached hydrogens (tertiary/aromatic N) is 1. The number of benzene rings is 1. The van der Waals surface area contributed by atoms with E-state index in [0.29, 0.717) is 10.8 Å². The molecule has 23 heavy (non-hydrogen) atoms. The Hall–Kier alpha value is -1.75. The molecule has 0 aliphatic carbocycles. The lowest BCUT2D eigenvalue weighted by molar-refractivity contribution is -0.139. The lowest BCUT2D eigenvalue weighted by Crippen LogP contribution is -2.48. The predicted octanol–water partition coefficient (Wildman–Crippen LogP) is 3.32. The van der Waals surface area contributed by atoms with Gasteiger partial charge in [-0.15, -0.1) is 23.1 Å². The van der Waals surface area contributed by atoms with Crippen LogP contribution in [0.4, 0.5) is 23.7 Å². The van der Waals surface area contributed by atoms with Crippen LogP contribution in [0.5, 0.6) is 0 Å². The Morgan fingerprint density at radius 1 is 1.30 bits per heavy atom. The Balaban J connectivity index is 2.42. The van der Waals surface area contributed by atoms with Crippen LogP contribution in [0.3, 0.4) is 0 Å².